The summed E-state index contributed by atoms with van der Waals surface area (Å²) in [5.74, 6) is -0.351. The van der Waals surface area contributed by atoms with E-state index >= 15 is 0 Å². The Labute approximate surface area is 126 Å². The van der Waals surface area contributed by atoms with Crippen LogP contribution in [0, 0.1) is 10.1 Å². The zero-order valence-corrected chi connectivity index (χ0v) is 11.7. The van der Waals surface area contributed by atoms with Gasteiger partial charge in [0.05, 0.1) is 11.1 Å². The highest BCUT2D eigenvalue weighted by atomic mass is 16.6. The minimum absolute atomic E-state index is 0.0797. The van der Waals surface area contributed by atoms with Crippen molar-refractivity contribution < 1.29 is 14.6 Å². The zero-order valence-electron chi connectivity index (χ0n) is 11.7. The molecule has 1 N–H and O–H groups in total. The first kappa shape index (κ1) is 15.2. The summed E-state index contributed by atoms with van der Waals surface area (Å²) in [6, 6.07) is 12.4. The maximum atomic E-state index is 12.1. The Morgan fingerprint density at radius 2 is 2.00 bits per heavy atom. The molecule has 0 aromatic heterocycles. The largest absolute Gasteiger partial charge is 0.399 e. The summed E-state index contributed by atoms with van der Waals surface area (Å²) in [6.07, 6.45) is 1.52. The Morgan fingerprint density at radius 1 is 1.27 bits per heavy atom. The van der Waals surface area contributed by atoms with Gasteiger partial charge in [0.1, 0.15) is 7.11 Å². The van der Waals surface area contributed by atoms with Crippen LogP contribution in [0.3, 0.4) is 0 Å². The fourth-order valence-electron chi connectivity index (χ4n) is 1.73. The Balaban J connectivity index is 2.10. The highest BCUT2D eigenvalue weighted by Gasteiger charge is 2.09. The van der Waals surface area contributed by atoms with Gasteiger partial charge in [-0.25, -0.2) is 0 Å². The summed E-state index contributed by atoms with van der Waals surface area (Å²) in [5, 5.41) is 16.9. The molecule has 0 aliphatic rings. The van der Waals surface area contributed by atoms with E-state index in [4.69, 9.17) is 0 Å². The van der Waals surface area contributed by atoms with Gasteiger partial charge in [0.2, 0.25) is 0 Å². The second-order valence-electron chi connectivity index (χ2n) is 4.30. The van der Waals surface area contributed by atoms with Crippen LogP contribution in [0.15, 0.2) is 53.7 Å². The highest BCUT2D eigenvalue weighted by Crippen LogP contribution is 2.17. The summed E-state index contributed by atoms with van der Waals surface area (Å²) in [7, 11) is 1.44. The molecule has 0 heterocycles. The zero-order chi connectivity index (χ0) is 15.9. The van der Waals surface area contributed by atoms with Crippen molar-refractivity contribution in [2.75, 3.05) is 12.4 Å². The fourth-order valence-corrected chi connectivity index (χ4v) is 1.73. The fraction of sp³-hybridized carbons (Fsp3) is 0.0667. The second-order valence-corrected chi connectivity index (χ2v) is 4.30. The summed E-state index contributed by atoms with van der Waals surface area (Å²) in [5.41, 5.74) is 1.50. The van der Waals surface area contributed by atoms with Crippen LogP contribution in [0.5, 0.6) is 0 Å². The molecule has 2 rings (SSSR count). The van der Waals surface area contributed by atoms with Crippen molar-refractivity contribution in [1.82, 2.24) is 0 Å². The first-order valence-electron chi connectivity index (χ1n) is 6.32. The van der Waals surface area contributed by atoms with E-state index in [1.807, 2.05) is 0 Å². The quantitative estimate of drug-likeness (QED) is 0.522. The first-order chi connectivity index (χ1) is 10.6. The predicted octanol–water partition coefficient (Wildman–Crippen LogP) is 2.83. The minimum Gasteiger partial charge on any atom is -0.399 e. The van der Waals surface area contributed by atoms with Crippen LogP contribution in [0.1, 0.15) is 15.9 Å². The molecule has 0 aliphatic heterocycles. The number of nitro benzene ring substituents is 1. The van der Waals surface area contributed by atoms with Crippen molar-refractivity contribution in [2.45, 2.75) is 0 Å². The number of carbonyl (C=O) groups excluding carboxylic acids is 1. The smallest absolute Gasteiger partial charge is 0.271 e. The number of hydrogen-bond acceptors (Lipinski definition) is 5. The molecule has 0 radical (unpaired) electrons. The number of rotatable bonds is 5. The van der Waals surface area contributed by atoms with Gasteiger partial charge in [0.25, 0.3) is 11.6 Å². The van der Waals surface area contributed by atoms with E-state index in [-0.39, 0.29) is 11.6 Å². The molecule has 0 saturated carbocycles. The molecule has 2 aromatic rings. The molecule has 7 heteroatoms. The molecule has 22 heavy (non-hydrogen) atoms. The molecular weight excluding hydrogens is 286 g/mol. The lowest BCUT2D eigenvalue weighted by Gasteiger charge is -2.05. The van der Waals surface area contributed by atoms with Gasteiger partial charge in [-0.3, -0.25) is 14.9 Å². The highest BCUT2D eigenvalue weighted by molar-refractivity contribution is 6.04. The number of anilines is 1. The van der Waals surface area contributed by atoms with Crippen molar-refractivity contribution in [1.29, 1.82) is 0 Å². The SMILES string of the molecule is CO/N=C/c1ccc(C(=O)Nc2cccc([N+](=O)[O-])c2)cc1. The van der Waals surface area contributed by atoms with Gasteiger partial charge >= 0.3 is 0 Å². The lowest BCUT2D eigenvalue weighted by Crippen LogP contribution is -2.11. The molecule has 112 valence electrons. The number of nitrogens with zero attached hydrogens (tertiary/aromatic N) is 2. The molecule has 2 aromatic carbocycles. The van der Waals surface area contributed by atoms with E-state index in [1.54, 1.807) is 30.3 Å². The molecule has 0 atom stereocenters. The van der Waals surface area contributed by atoms with Gasteiger partial charge in [-0.15, -0.1) is 0 Å². The number of non-ortho nitro benzene ring substituents is 1. The maximum Gasteiger partial charge on any atom is 0.271 e. The van der Waals surface area contributed by atoms with E-state index < -0.39 is 4.92 Å². The normalized spacial score (nSPS) is 10.4. The third-order valence-electron chi connectivity index (χ3n) is 2.79. The average Bonchev–Trinajstić information content (AvgIpc) is 2.53. The molecule has 1 amide bonds. The van der Waals surface area contributed by atoms with Crippen LogP contribution >= 0.6 is 0 Å². The number of nitro groups is 1. The standard InChI is InChI=1S/C15H13N3O4/c1-22-16-10-11-5-7-12(8-6-11)15(19)17-13-3-2-4-14(9-13)18(20)21/h2-10H,1H3,(H,17,19)/b16-10+. The number of carbonyl (C=O) groups is 1. The number of hydrogen-bond donors (Lipinski definition) is 1. The van der Waals surface area contributed by atoms with E-state index in [0.29, 0.717) is 11.3 Å². The number of oxime groups is 1. The second kappa shape index (κ2) is 6.98. The maximum absolute atomic E-state index is 12.1. The average molecular weight is 299 g/mol. The van der Waals surface area contributed by atoms with Crippen molar-refractivity contribution >= 4 is 23.5 Å². The third-order valence-corrected chi connectivity index (χ3v) is 2.79. The van der Waals surface area contributed by atoms with Crippen molar-refractivity contribution in [3.63, 3.8) is 0 Å². The molecule has 0 saturated heterocycles. The van der Waals surface area contributed by atoms with Crippen LogP contribution in [-0.2, 0) is 4.84 Å². The molecule has 0 spiro atoms. The molecule has 0 bridgehead atoms. The third kappa shape index (κ3) is 3.89. The minimum atomic E-state index is -0.514. The summed E-state index contributed by atoms with van der Waals surface area (Å²) in [6.45, 7) is 0. The lowest BCUT2D eigenvalue weighted by molar-refractivity contribution is -0.384. The van der Waals surface area contributed by atoms with Gasteiger partial charge in [-0.2, -0.15) is 0 Å². The van der Waals surface area contributed by atoms with Crippen LogP contribution in [0.2, 0.25) is 0 Å². The summed E-state index contributed by atoms with van der Waals surface area (Å²) in [4.78, 5) is 26.8. The van der Waals surface area contributed by atoms with E-state index in [1.165, 1.54) is 31.5 Å². The van der Waals surface area contributed by atoms with E-state index in [0.717, 1.165) is 5.56 Å². The lowest BCUT2D eigenvalue weighted by atomic mass is 10.1. The monoisotopic (exact) mass is 299 g/mol. The number of nitrogens with one attached hydrogen (secondary N) is 1. The molecule has 0 unspecified atom stereocenters. The predicted molar refractivity (Wildman–Crippen MR) is 82.1 cm³/mol. The first-order valence-corrected chi connectivity index (χ1v) is 6.32. The van der Waals surface area contributed by atoms with Gasteiger partial charge < -0.3 is 10.2 Å². The van der Waals surface area contributed by atoms with Gasteiger partial charge in [-0.05, 0) is 23.8 Å². The van der Waals surface area contributed by atoms with Crippen LogP contribution < -0.4 is 5.32 Å². The van der Waals surface area contributed by atoms with Crippen molar-refractivity contribution in [2.24, 2.45) is 5.16 Å². The number of benzene rings is 2. The van der Waals surface area contributed by atoms with Gasteiger partial charge in [0, 0.05) is 23.4 Å². The van der Waals surface area contributed by atoms with E-state index in [2.05, 4.69) is 15.3 Å². The van der Waals surface area contributed by atoms with Crippen LogP contribution in [0.25, 0.3) is 0 Å². The van der Waals surface area contributed by atoms with Crippen LogP contribution in [-0.4, -0.2) is 24.2 Å². The molecule has 7 nitrogen and oxygen atoms in total. The Hall–Kier alpha value is -3.22. The molecule has 0 aliphatic carbocycles. The van der Waals surface area contributed by atoms with Gasteiger partial charge in [-0.1, -0.05) is 23.4 Å². The Kier molecular flexibility index (Phi) is 4.81. The van der Waals surface area contributed by atoms with Gasteiger partial charge in [0.15, 0.2) is 0 Å². The summed E-state index contributed by atoms with van der Waals surface area (Å²) < 4.78 is 0. The Morgan fingerprint density at radius 3 is 2.64 bits per heavy atom. The Bertz CT molecular complexity index is 711. The molecular formula is C15H13N3O4. The van der Waals surface area contributed by atoms with Crippen molar-refractivity contribution in [3.8, 4) is 0 Å². The number of amides is 1. The topological polar surface area (TPSA) is 93.8 Å². The molecule has 0 fully saturated rings. The van der Waals surface area contributed by atoms with E-state index in [9.17, 15) is 14.9 Å². The van der Waals surface area contributed by atoms with Crippen molar-refractivity contribution in [3.05, 3.63) is 69.8 Å². The van der Waals surface area contributed by atoms with Crippen LogP contribution in [0.4, 0.5) is 11.4 Å². The summed E-state index contributed by atoms with van der Waals surface area (Å²) >= 11 is 0.